The Hall–Kier alpha value is -3.83. The number of ether oxygens (including phenoxy) is 2. The number of aromatic nitrogens is 1. The number of pyridine rings is 1. The Kier molecular flexibility index (Phi) is 6.30. The number of carbonyl (C=O) groups is 3. The number of amides is 4. The van der Waals surface area contributed by atoms with Crippen molar-refractivity contribution in [2.24, 2.45) is 5.92 Å². The SMILES string of the molecule is CCCCOC(=O)Nc1cc(N2C(=O)N(c3ccc(OC(F)(F)F)cc3)C(=O)C23CC3C)ccn1. The van der Waals surface area contributed by atoms with E-state index in [0.717, 1.165) is 23.5 Å². The Labute approximate surface area is 198 Å². The quantitative estimate of drug-likeness (QED) is 0.427. The van der Waals surface area contributed by atoms with Crippen LogP contribution in [-0.4, -0.2) is 41.5 Å². The monoisotopic (exact) mass is 492 g/mol. The number of benzene rings is 1. The number of hydrogen-bond acceptors (Lipinski definition) is 6. The van der Waals surface area contributed by atoms with Crippen LogP contribution in [0.2, 0.25) is 0 Å². The molecule has 2 aromatic rings. The fraction of sp³-hybridized carbons (Fsp3) is 0.391. The van der Waals surface area contributed by atoms with E-state index in [1.165, 1.54) is 35.4 Å². The van der Waals surface area contributed by atoms with Gasteiger partial charge in [0.2, 0.25) is 0 Å². The van der Waals surface area contributed by atoms with E-state index >= 15 is 0 Å². The van der Waals surface area contributed by atoms with Crippen molar-refractivity contribution in [2.75, 3.05) is 21.7 Å². The highest BCUT2D eigenvalue weighted by atomic mass is 19.4. The van der Waals surface area contributed by atoms with Crippen molar-refractivity contribution in [3.05, 3.63) is 42.6 Å². The molecule has 2 heterocycles. The van der Waals surface area contributed by atoms with Crippen molar-refractivity contribution < 1.29 is 37.0 Å². The fourth-order valence-electron chi connectivity index (χ4n) is 4.11. The maximum Gasteiger partial charge on any atom is 0.573 e. The number of unbranched alkanes of at least 4 members (excludes halogenated alkanes) is 1. The lowest BCUT2D eigenvalue weighted by Crippen LogP contribution is -2.39. The van der Waals surface area contributed by atoms with Crippen LogP contribution in [0, 0.1) is 5.92 Å². The molecular formula is C23H23F3N4O5. The molecule has 1 saturated heterocycles. The predicted octanol–water partition coefficient (Wildman–Crippen LogP) is 5.08. The largest absolute Gasteiger partial charge is 0.573 e. The van der Waals surface area contributed by atoms with E-state index in [2.05, 4.69) is 15.0 Å². The van der Waals surface area contributed by atoms with Crippen molar-refractivity contribution in [1.82, 2.24) is 4.98 Å². The number of rotatable bonds is 7. The number of nitrogens with zero attached hydrogens (tertiary/aromatic N) is 3. The molecule has 4 amide bonds. The van der Waals surface area contributed by atoms with Gasteiger partial charge in [-0.2, -0.15) is 0 Å². The molecule has 1 aromatic carbocycles. The third kappa shape index (κ3) is 4.73. The molecule has 2 fully saturated rings. The van der Waals surface area contributed by atoms with Gasteiger partial charge in [0.15, 0.2) is 0 Å². The number of anilines is 3. The molecule has 2 atom stereocenters. The zero-order valence-electron chi connectivity index (χ0n) is 19.0. The normalized spacial score (nSPS) is 21.5. The summed E-state index contributed by atoms with van der Waals surface area (Å²) in [6, 6.07) is 6.84. The maximum atomic E-state index is 13.4. The number of imide groups is 1. The van der Waals surface area contributed by atoms with E-state index in [9.17, 15) is 27.6 Å². The first kappa shape index (κ1) is 24.3. The minimum Gasteiger partial charge on any atom is -0.449 e. The Morgan fingerprint density at radius 2 is 1.89 bits per heavy atom. The highest BCUT2D eigenvalue weighted by Gasteiger charge is 2.70. The Morgan fingerprint density at radius 1 is 1.20 bits per heavy atom. The fourth-order valence-corrected chi connectivity index (χ4v) is 4.11. The highest BCUT2D eigenvalue weighted by molar-refractivity contribution is 6.32. The second-order valence-electron chi connectivity index (χ2n) is 8.34. The van der Waals surface area contributed by atoms with E-state index in [4.69, 9.17) is 4.74 Å². The molecule has 186 valence electrons. The molecule has 0 radical (unpaired) electrons. The number of urea groups is 1. The molecule has 9 nitrogen and oxygen atoms in total. The summed E-state index contributed by atoms with van der Waals surface area (Å²) in [5, 5.41) is 2.50. The third-order valence-corrected chi connectivity index (χ3v) is 5.92. The molecular weight excluding hydrogens is 469 g/mol. The van der Waals surface area contributed by atoms with Crippen LogP contribution in [0.15, 0.2) is 42.6 Å². The van der Waals surface area contributed by atoms with Crippen molar-refractivity contribution in [3.8, 4) is 5.75 Å². The minimum atomic E-state index is -4.86. The van der Waals surface area contributed by atoms with Crippen molar-refractivity contribution >= 4 is 35.2 Å². The highest BCUT2D eigenvalue weighted by Crippen LogP contribution is 2.55. The molecule has 1 aliphatic heterocycles. The summed E-state index contributed by atoms with van der Waals surface area (Å²) in [4.78, 5) is 45.1. The molecule has 1 N–H and O–H groups in total. The lowest BCUT2D eigenvalue weighted by molar-refractivity contribution is -0.274. The summed E-state index contributed by atoms with van der Waals surface area (Å²) in [5.41, 5.74) is -0.674. The zero-order valence-corrected chi connectivity index (χ0v) is 19.0. The first-order valence-corrected chi connectivity index (χ1v) is 11.0. The number of nitrogens with one attached hydrogen (secondary N) is 1. The molecule has 1 aliphatic carbocycles. The molecule has 4 rings (SSSR count). The number of carbonyl (C=O) groups excluding carboxylic acids is 3. The van der Waals surface area contributed by atoms with Crippen molar-refractivity contribution in [2.45, 2.75) is 45.0 Å². The first-order valence-electron chi connectivity index (χ1n) is 11.0. The molecule has 2 unspecified atom stereocenters. The van der Waals surface area contributed by atoms with Crippen LogP contribution in [0.4, 0.5) is 40.0 Å². The molecule has 35 heavy (non-hydrogen) atoms. The van der Waals surface area contributed by atoms with Gasteiger partial charge in [0, 0.05) is 12.3 Å². The van der Waals surface area contributed by atoms with Gasteiger partial charge in [0.1, 0.15) is 17.1 Å². The van der Waals surface area contributed by atoms with Gasteiger partial charge in [0.25, 0.3) is 5.91 Å². The Morgan fingerprint density at radius 3 is 2.49 bits per heavy atom. The Balaban J connectivity index is 1.58. The van der Waals surface area contributed by atoms with Crippen molar-refractivity contribution in [1.29, 1.82) is 0 Å². The van der Waals surface area contributed by atoms with Crippen LogP contribution in [-0.2, 0) is 9.53 Å². The van der Waals surface area contributed by atoms with Gasteiger partial charge in [0.05, 0.1) is 18.0 Å². The minimum absolute atomic E-state index is 0.113. The van der Waals surface area contributed by atoms with E-state index in [-0.39, 0.29) is 24.0 Å². The lowest BCUT2D eigenvalue weighted by atomic mass is 10.1. The standard InChI is InChI=1S/C23H23F3N4O5/c1-3-4-11-34-20(32)28-18-12-16(9-10-27-18)30-21(33)29(19(31)22(30)13-14(22)2)15-5-7-17(8-6-15)35-23(24,25)26/h5-10,12,14H,3-4,11,13H2,1-2H3,(H,27,28,32). The van der Waals surface area contributed by atoms with Crippen LogP contribution in [0.1, 0.15) is 33.1 Å². The predicted molar refractivity (Wildman–Crippen MR) is 119 cm³/mol. The molecule has 2 aliphatic rings. The van der Waals surface area contributed by atoms with Gasteiger partial charge >= 0.3 is 18.5 Å². The molecule has 1 saturated carbocycles. The van der Waals surface area contributed by atoms with E-state index in [0.29, 0.717) is 18.5 Å². The van der Waals surface area contributed by atoms with Crippen LogP contribution < -0.4 is 19.9 Å². The topological polar surface area (TPSA) is 101 Å². The average Bonchev–Trinajstić information content (AvgIpc) is 3.39. The third-order valence-electron chi connectivity index (χ3n) is 5.92. The van der Waals surface area contributed by atoms with Gasteiger partial charge in [-0.05, 0) is 49.1 Å². The molecule has 0 bridgehead atoms. The van der Waals surface area contributed by atoms with Crippen LogP contribution in [0.5, 0.6) is 5.75 Å². The smallest absolute Gasteiger partial charge is 0.449 e. The summed E-state index contributed by atoms with van der Waals surface area (Å²) < 4.78 is 46.3. The summed E-state index contributed by atoms with van der Waals surface area (Å²) >= 11 is 0. The second kappa shape index (κ2) is 9.08. The van der Waals surface area contributed by atoms with Gasteiger partial charge in [-0.3, -0.25) is 15.0 Å². The van der Waals surface area contributed by atoms with Gasteiger partial charge in [-0.25, -0.2) is 19.5 Å². The summed E-state index contributed by atoms with van der Waals surface area (Å²) in [7, 11) is 0. The second-order valence-corrected chi connectivity index (χ2v) is 8.34. The van der Waals surface area contributed by atoms with Gasteiger partial charge in [-0.1, -0.05) is 20.3 Å². The van der Waals surface area contributed by atoms with Crippen LogP contribution in [0.25, 0.3) is 0 Å². The Bertz CT molecular complexity index is 1140. The van der Waals surface area contributed by atoms with Crippen LogP contribution >= 0.6 is 0 Å². The van der Waals surface area contributed by atoms with E-state index in [1.54, 1.807) is 0 Å². The number of alkyl halides is 3. The molecule has 1 spiro atoms. The number of halogens is 3. The van der Waals surface area contributed by atoms with E-state index in [1.807, 2.05) is 13.8 Å². The van der Waals surface area contributed by atoms with E-state index < -0.39 is 35.7 Å². The number of hydrogen-bond donors (Lipinski definition) is 1. The van der Waals surface area contributed by atoms with Gasteiger partial charge in [-0.15, -0.1) is 13.2 Å². The molecule has 1 aromatic heterocycles. The summed E-state index contributed by atoms with van der Waals surface area (Å²) in [5.74, 6) is -0.965. The molecule has 12 heteroatoms. The van der Waals surface area contributed by atoms with Crippen molar-refractivity contribution in [3.63, 3.8) is 0 Å². The maximum absolute atomic E-state index is 13.4. The first-order chi connectivity index (χ1) is 16.6. The summed E-state index contributed by atoms with van der Waals surface area (Å²) in [6.45, 7) is 4.04. The van der Waals surface area contributed by atoms with Gasteiger partial charge < -0.3 is 9.47 Å². The average molecular weight is 492 g/mol. The lowest BCUT2D eigenvalue weighted by Gasteiger charge is -2.22. The zero-order chi connectivity index (χ0) is 25.4. The van der Waals surface area contributed by atoms with Crippen LogP contribution in [0.3, 0.4) is 0 Å². The summed E-state index contributed by atoms with van der Waals surface area (Å²) in [6.07, 6.45) is -2.18.